The van der Waals surface area contributed by atoms with Crippen LogP contribution in [0.2, 0.25) is 0 Å². The van der Waals surface area contributed by atoms with Crippen molar-refractivity contribution in [3.05, 3.63) is 58.9 Å². The number of hydrogen-bond donors (Lipinski definition) is 1. The number of carbonyl (C=O) groups excluding carboxylic acids is 1. The minimum absolute atomic E-state index is 0.0557. The van der Waals surface area contributed by atoms with Gasteiger partial charge in [0.25, 0.3) is 5.91 Å². The van der Waals surface area contributed by atoms with E-state index in [1.165, 1.54) is 0 Å². The van der Waals surface area contributed by atoms with Crippen molar-refractivity contribution in [2.45, 2.75) is 20.4 Å². The SMILES string of the molecule is Cc1cc(C(=O)N(CCN)Cc2ccccc2)c(C)nn1. The molecule has 2 N–H and O–H groups in total. The van der Waals surface area contributed by atoms with E-state index in [9.17, 15) is 4.79 Å². The number of aryl methyl sites for hydroxylation is 2. The lowest BCUT2D eigenvalue weighted by molar-refractivity contribution is 0.0746. The van der Waals surface area contributed by atoms with Crippen molar-refractivity contribution < 1.29 is 4.79 Å². The second-order valence-electron chi connectivity index (χ2n) is 4.99. The smallest absolute Gasteiger partial charge is 0.256 e. The van der Waals surface area contributed by atoms with Gasteiger partial charge in [0.05, 0.1) is 17.0 Å². The monoisotopic (exact) mass is 284 g/mol. The summed E-state index contributed by atoms with van der Waals surface area (Å²) in [4.78, 5) is 14.5. The lowest BCUT2D eigenvalue weighted by Gasteiger charge is -2.23. The third-order valence-corrected chi connectivity index (χ3v) is 3.23. The first-order valence-electron chi connectivity index (χ1n) is 6.96. The Kier molecular flexibility index (Phi) is 5.00. The largest absolute Gasteiger partial charge is 0.333 e. The predicted molar refractivity (Wildman–Crippen MR) is 81.7 cm³/mol. The molecule has 1 aromatic carbocycles. The van der Waals surface area contributed by atoms with Crippen LogP contribution in [0.25, 0.3) is 0 Å². The topological polar surface area (TPSA) is 72.1 Å². The van der Waals surface area contributed by atoms with Crippen LogP contribution in [-0.4, -0.2) is 34.1 Å². The molecule has 0 fully saturated rings. The minimum Gasteiger partial charge on any atom is -0.333 e. The first-order chi connectivity index (χ1) is 10.1. The molecule has 1 heterocycles. The average Bonchev–Trinajstić information content (AvgIpc) is 2.49. The molecule has 0 atom stereocenters. The molecular formula is C16H20N4O. The van der Waals surface area contributed by atoms with Crippen LogP contribution >= 0.6 is 0 Å². The van der Waals surface area contributed by atoms with Gasteiger partial charge in [-0.3, -0.25) is 4.79 Å². The van der Waals surface area contributed by atoms with E-state index in [0.717, 1.165) is 11.3 Å². The van der Waals surface area contributed by atoms with Gasteiger partial charge in [-0.2, -0.15) is 10.2 Å². The van der Waals surface area contributed by atoms with E-state index in [1.54, 1.807) is 17.9 Å². The quantitative estimate of drug-likeness (QED) is 0.907. The number of benzene rings is 1. The Bertz CT molecular complexity index is 613. The fraction of sp³-hybridized carbons (Fsp3) is 0.312. The van der Waals surface area contributed by atoms with E-state index < -0.39 is 0 Å². The Morgan fingerprint density at radius 1 is 1.19 bits per heavy atom. The number of aromatic nitrogens is 2. The Morgan fingerprint density at radius 3 is 2.57 bits per heavy atom. The third kappa shape index (κ3) is 3.86. The normalized spacial score (nSPS) is 10.4. The lowest BCUT2D eigenvalue weighted by Crippen LogP contribution is -2.35. The Balaban J connectivity index is 2.25. The van der Waals surface area contributed by atoms with Crippen LogP contribution in [0.5, 0.6) is 0 Å². The van der Waals surface area contributed by atoms with Gasteiger partial charge in [-0.1, -0.05) is 30.3 Å². The van der Waals surface area contributed by atoms with Gasteiger partial charge >= 0.3 is 0 Å². The number of carbonyl (C=O) groups is 1. The highest BCUT2D eigenvalue weighted by Crippen LogP contribution is 2.12. The maximum atomic E-state index is 12.7. The number of nitrogens with zero attached hydrogens (tertiary/aromatic N) is 3. The zero-order chi connectivity index (χ0) is 15.2. The standard InChI is InChI=1S/C16H20N4O/c1-12-10-15(13(2)19-18-12)16(21)20(9-8-17)11-14-6-4-3-5-7-14/h3-7,10H,8-9,11,17H2,1-2H3. The Hall–Kier alpha value is -2.27. The molecular weight excluding hydrogens is 264 g/mol. The van der Waals surface area contributed by atoms with Crippen molar-refractivity contribution in [3.63, 3.8) is 0 Å². The predicted octanol–water partition coefficient (Wildman–Crippen LogP) is 1.69. The maximum Gasteiger partial charge on any atom is 0.256 e. The second-order valence-corrected chi connectivity index (χ2v) is 4.99. The highest BCUT2D eigenvalue weighted by molar-refractivity contribution is 5.95. The van der Waals surface area contributed by atoms with E-state index in [-0.39, 0.29) is 5.91 Å². The summed E-state index contributed by atoms with van der Waals surface area (Å²) < 4.78 is 0. The van der Waals surface area contributed by atoms with Crippen molar-refractivity contribution in [1.29, 1.82) is 0 Å². The van der Waals surface area contributed by atoms with Gasteiger partial charge in [0.2, 0.25) is 0 Å². The van der Waals surface area contributed by atoms with Crippen LogP contribution in [0.15, 0.2) is 36.4 Å². The molecule has 0 radical (unpaired) electrons. The number of hydrogen-bond acceptors (Lipinski definition) is 4. The average molecular weight is 284 g/mol. The number of amides is 1. The van der Waals surface area contributed by atoms with Crippen LogP contribution in [0.1, 0.15) is 27.3 Å². The fourth-order valence-electron chi connectivity index (χ4n) is 2.15. The molecule has 2 aromatic rings. The molecule has 21 heavy (non-hydrogen) atoms. The molecule has 2 rings (SSSR count). The minimum atomic E-state index is -0.0557. The summed E-state index contributed by atoms with van der Waals surface area (Å²) in [6.07, 6.45) is 0. The van der Waals surface area contributed by atoms with Crippen LogP contribution in [-0.2, 0) is 6.54 Å². The van der Waals surface area contributed by atoms with E-state index >= 15 is 0 Å². The second kappa shape index (κ2) is 6.95. The van der Waals surface area contributed by atoms with Crippen LogP contribution in [0.3, 0.4) is 0 Å². The maximum absolute atomic E-state index is 12.7. The zero-order valence-electron chi connectivity index (χ0n) is 12.4. The Morgan fingerprint density at radius 2 is 1.90 bits per heavy atom. The summed E-state index contributed by atoms with van der Waals surface area (Å²) in [7, 11) is 0. The van der Waals surface area contributed by atoms with Crippen LogP contribution in [0, 0.1) is 13.8 Å². The lowest BCUT2D eigenvalue weighted by atomic mass is 10.1. The van der Waals surface area contributed by atoms with Crippen molar-refractivity contribution >= 4 is 5.91 Å². The molecule has 0 unspecified atom stereocenters. The highest BCUT2D eigenvalue weighted by Gasteiger charge is 2.18. The third-order valence-electron chi connectivity index (χ3n) is 3.23. The molecule has 0 aliphatic rings. The van der Waals surface area contributed by atoms with E-state index in [1.807, 2.05) is 37.3 Å². The molecule has 0 saturated carbocycles. The van der Waals surface area contributed by atoms with Gasteiger partial charge in [-0.15, -0.1) is 0 Å². The van der Waals surface area contributed by atoms with Gasteiger partial charge in [-0.05, 0) is 25.5 Å². The van der Waals surface area contributed by atoms with E-state index in [4.69, 9.17) is 5.73 Å². The van der Waals surface area contributed by atoms with Gasteiger partial charge < -0.3 is 10.6 Å². The molecule has 0 bridgehead atoms. The summed E-state index contributed by atoms with van der Waals surface area (Å²) in [6, 6.07) is 11.7. The fourth-order valence-corrected chi connectivity index (χ4v) is 2.15. The van der Waals surface area contributed by atoms with Gasteiger partial charge in [0.15, 0.2) is 0 Å². The molecule has 0 aliphatic heterocycles. The number of rotatable bonds is 5. The van der Waals surface area contributed by atoms with E-state index in [0.29, 0.717) is 30.9 Å². The molecule has 0 aliphatic carbocycles. The molecule has 0 saturated heterocycles. The summed E-state index contributed by atoms with van der Waals surface area (Å²) in [5, 5.41) is 7.99. The summed E-state index contributed by atoms with van der Waals surface area (Å²) in [5.41, 5.74) is 8.69. The van der Waals surface area contributed by atoms with Crippen LogP contribution < -0.4 is 5.73 Å². The van der Waals surface area contributed by atoms with Gasteiger partial charge in [-0.25, -0.2) is 0 Å². The molecule has 0 spiro atoms. The Labute approximate surface area is 124 Å². The van der Waals surface area contributed by atoms with Crippen molar-refractivity contribution in [2.75, 3.05) is 13.1 Å². The number of nitrogens with two attached hydrogens (primary N) is 1. The van der Waals surface area contributed by atoms with E-state index in [2.05, 4.69) is 10.2 Å². The summed E-state index contributed by atoms with van der Waals surface area (Å²) in [6.45, 7) is 5.10. The molecule has 110 valence electrons. The molecule has 1 aromatic heterocycles. The van der Waals surface area contributed by atoms with Crippen molar-refractivity contribution in [1.82, 2.24) is 15.1 Å². The molecule has 1 amide bonds. The van der Waals surface area contributed by atoms with Gasteiger partial charge in [0.1, 0.15) is 0 Å². The zero-order valence-corrected chi connectivity index (χ0v) is 12.4. The molecule has 5 heteroatoms. The first kappa shape index (κ1) is 15.1. The summed E-state index contributed by atoms with van der Waals surface area (Å²) in [5.74, 6) is -0.0557. The molecule has 5 nitrogen and oxygen atoms in total. The summed E-state index contributed by atoms with van der Waals surface area (Å²) >= 11 is 0. The highest BCUT2D eigenvalue weighted by atomic mass is 16.2. The first-order valence-corrected chi connectivity index (χ1v) is 6.96. The van der Waals surface area contributed by atoms with Crippen LogP contribution in [0.4, 0.5) is 0 Å². The van der Waals surface area contributed by atoms with Crippen molar-refractivity contribution in [3.8, 4) is 0 Å². The van der Waals surface area contributed by atoms with Gasteiger partial charge in [0, 0.05) is 19.6 Å². The van der Waals surface area contributed by atoms with Crippen molar-refractivity contribution in [2.24, 2.45) is 5.73 Å².